The molecule has 0 saturated heterocycles. The van der Waals surface area contributed by atoms with E-state index in [9.17, 15) is 9.59 Å². The first kappa shape index (κ1) is 20.5. The Labute approximate surface area is 178 Å². The van der Waals surface area contributed by atoms with Crippen LogP contribution in [0.4, 0.5) is 11.6 Å². The van der Waals surface area contributed by atoms with Gasteiger partial charge >= 0.3 is 5.69 Å². The fourth-order valence-corrected chi connectivity index (χ4v) is 4.18. The number of imidazole rings is 1. The molecular weight excluding hydrogens is 410 g/mol. The molecule has 0 saturated carbocycles. The van der Waals surface area contributed by atoms with Gasteiger partial charge in [-0.1, -0.05) is 18.5 Å². The van der Waals surface area contributed by atoms with Gasteiger partial charge in [-0.15, -0.1) is 0 Å². The first-order chi connectivity index (χ1) is 14.4. The Morgan fingerprint density at radius 2 is 2.00 bits per heavy atom. The van der Waals surface area contributed by atoms with Crippen LogP contribution in [0.5, 0.6) is 5.75 Å². The first-order valence-corrected chi connectivity index (χ1v) is 10.0. The molecule has 10 heteroatoms. The maximum absolute atomic E-state index is 13.2. The van der Waals surface area contributed by atoms with E-state index in [1.807, 2.05) is 21.6 Å². The molecule has 0 spiro atoms. The highest BCUT2D eigenvalue weighted by Gasteiger charge is 2.30. The highest BCUT2D eigenvalue weighted by atomic mass is 35.5. The lowest BCUT2D eigenvalue weighted by Gasteiger charge is -2.33. The largest absolute Gasteiger partial charge is 0.495 e. The number of anilines is 2. The summed E-state index contributed by atoms with van der Waals surface area (Å²) in [7, 11) is 4.73. The van der Waals surface area contributed by atoms with Gasteiger partial charge in [-0.3, -0.25) is 13.9 Å². The van der Waals surface area contributed by atoms with Gasteiger partial charge in [-0.2, -0.15) is 4.98 Å². The number of rotatable bonds is 5. The zero-order chi connectivity index (χ0) is 21.6. The molecule has 1 aromatic carbocycles. The van der Waals surface area contributed by atoms with E-state index in [4.69, 9.17) is 26.1 Å². The summed E-state index contributed by atoms with van der Waals surface area (Å²) in [5, 5.41) is 0.491. The van der Waals surface area contributed by atoms with Crippen LogP contribution in [-0.4, -0.2) is 46.1 Å². The molecule has 2 aromatic heterocycles. The highest BCUT2D eigenvalue weighted by molar-refractivity contribution is 6.32. The predicted molar refractivity (Wildman–Crippen MR) is 115 cm³/mol. The summed E-state index contributed by atoms with van der Waals surface area (Å²) in [5.74, 6) is 1.45. The van der Waals surface area contributed by atoms with E-state index in [-0.39, 0.29) is 24.6 Å². The molecule has 9 nitrogen and oxygen atoms in total. The van der Waals surface area contributed by atoms with Gasteiger partial charge in [-0.05, 0) is 24.1 Å². The maximum Gasteiger partial charge on any atom is 0.332 e. The smallest absolute Gasteiger partial charge is 0.332 e. The molecule has 30 heavy (non-hydrogen) atoms. The van der Waals surface area contributed by atoms with Gasteiger partial charge in [0.05, 0.1) is 25.3 Å². The second-order valence-electron chi connectivity index (χ2n) is 7.52. The van der Waals surface area contributed by atoms with E-state index in [2.05, 4.69) is 6.92 Å². The third kappa shape index (κ3) is 3.18. The Bertz CT molecular complexity index is 1230. The average molecular weight is 434 g/mol. The van der Waals surface area contributed by atoms with Crippen molar-refractivity contribution >= 4 is 34.4 Å². The van der Waals surface area contributed by atoms with Gasteiger partial charge < -0.3 is 18.9 Å². The number of methoxy groups -OCH3 is 2. The van der Waals surface area contributed by atoms with Crippen LogP contribution in [0.1, 0.15) is 6.92 Å². The lowest BCUT2D eigenvalue weighted by atomic mass is 10.1. The van der Waals surface area contributed by atoms with Crippen LogP contribution in [0.15, 0.2) is 27.8 Å². The van der Waals surface area contributed by atoms with E-state index in [0.29, 0.717) is 41.0 Å². The van der Waals surface area contributed by atoms with Gasteiger partial charge in [0.15, 0.2) is 11.2 Å². The molecule has 3 heterocycles. The van der Waals surface area contributed by atoms with E-state index in [0.717, 1.165) is 5.69 Å². The zero-order valence-corrected chi connectivity index (χ0v) is 18.1. The summed E-state index contributed by atoms with van der Waals surface area (Å²) in [6, 6.07) is 5.53. The second kappa shape index (κ2) is 7.81. The molecule has 1 aliphatic rings. The number of halogens is 1. The molecule has 1 atom stereocenters. The van der Waals surface area contributed by atoms with Gasteiger partial charge in [0.1, 0.15) is 5.75 Å². The van der Waals surface area contributed by atoms with Crippen molar-refractivity contribution in [1.82, 2.24) is 18.7 Å². The van der Waals surface area contributed by atoms with Gasteiger partial charge in [0.2, 0.25) is 5.95 Å². The third-order valence-corrected chi connectivity index (χ3v) is 5.70. The van der Waals surface area contributed by atoms with E-state index in [1.54, 1.807) is 20.2 Å². The lowest BCUT2D eigenvalue weighted by Crippen LogP contribution is -2.41. The quantitative estimate of drug-likeness (QED) is 0.612. The topological polar surface area (TPSA) is 83.5 Å². The SMILES string of the molecule is COCCn1c(=O)c2c(nc3n2C[C@H](C)CN3c2ccc(OC)c(Cl)c2)n(C)c1=O. The van der Waals surface area contributed by atoms with Crippen LogP contribution >= 0.6 is 11.6 Å². The normalized spacial score (nSPS) is 16.2. The molecule has 0 unspecified atom stereocenters. The standard InChI is InChI=1S/C20H24ClN5O4/c1-12-10-25(13-5-6-15(30-4)14(21)9-13)19-22-17-16(26(19)11-12)18(27)24(7-8-29-3)20(28)23(17)2/h5-6,9,12H,7-8,10-11H2,1-4H3/t12-/m1/s1. The van der Waals surface area contributed by atoms with Gasteiger partial charge in [-0.25, -0.2) is 4.79 Å². The summed E-state index contributed by atoms with van der Waals surface area (Å²) < 4.78 is 14.8. The van der Waals surface area contributed by atoms with Crippen LogP contribution in [0.3, 0.4) is 0 Å². The Morgan fingerprint density at radius 1 is 1.23 bits per heavy atom. The Balaban J connectivity index is 1.94. The van der Waals surface area contributed by atoms with Crippen molar-refractivity contribution in [2.24, 2.45) is 13.0 Å². The third-order valence-electron chi connectivity index (χ3n) is 5.41. The Morgan fingerprint density at radius 3 is 2.67 bits per heavy atom. The molecule has 0 aliphatic carbocycles. The number of aryl methyl sites for hydroxylation is 1. The number of benzene rings is 1. The number of hydrogen-bond acceptors (Lipinski definition) is 6. The Kier molecular flexibility index (Phi) is 5.33. The molecule has 4 rings (SSSR count). The molecule has 3 aromatic rings. The van der Waals surface area contributed by atoms with E-state index >= 15 is 0 Å². The second-order valence-corrected chi connectivity index (χ2v) is 7.93. The molecule has 1 aliphatic heterocycles. The molecule has 0 N–H and O–H groups in total. The van der Waals surface area contributed by atoms with Gasteiger partial charge in [0, 0.05) is 32.9 Å². The minimum Gasteiger partial charge on any atom is -0.495 e. The molecule has 160 valence electrons. The number of fused-ring (bicyclic) bond motifs is 3. The van der Waals surface area contributed by atoms with Gasteiger partial charge in [0.25, 0.3) is 5.56 Å². The summed E-state index contributed by atoms with van der Waals surface area (Å²) in [6.45, 7) is 3.90. The number of aromatic nitrogens is 4. The molecule has 0 radical (unpaired) electrons. The molecule has 0 bridgehead atoms. The fraction of sp³-hybridized carbons (Fsp3) is 0.450. The van der Waals surface area contributed by atoms with Crippen molar-refractivity contribution in [3.63, 3.8) is 0 Å². The molecular formula is C20H24ClN5O4. The van der Waals surface area contributed by atoms with E-state index in [1.165, 1.54) is 16.2 Å². The monoisotopic (exact) mass is 433 g/mol. The predicted octanol–water partition coefficient (Wildman–Crippen LogP) is 1.99. The van der Waals surface area contributed by atoms with Crippen molar-refractivity contribution in [2.75, 3.05) is 32.3 Å². The fourth-order valence-electron chi connectivity index (χ4n) is 3.93. The summed E-state index contributed by atoms with van der Waals surface area (Å²) in [5.41, 5.74) is 0.859. The Hall–Kier alpha value is -2.78. The first-order valence-electron chi connectivity index (χ1n) is 9.67. The zero-order valence-electron chi connectivity index (χ0n) is 17.4. The molecule has 0 amide bonds. The minimum atomic E-state index is -0.410. The highest BCUT2D eigenvalue weighted by Crippen LogP contribution is 2.36. The van der Waals surface area contributed by atoms with Crippen molar-refractivity contribution in [1.29, 1.82) is 0 Å². The maximum atomic E-state index is 13.2. The average Bonchev–Trinajstić information content (AvgIpc) is 3.11. The van der Waals surface area contributed by atoms with Crippen molar-refractivity contribution in [3.05, 3.63) is 44.1 Å². The van der Waals surface area contributed by atoms with Crippen molar-refractivity contribution in [2.45, 2.75) is 20.0 Å². The van der Waals surface area contributed by atoms with Crippen molar-refractivity contribution in [3.8, 4) is 5.75 Å². The van der Waals surface area contributed by atoms with E-state index < -0.39 is 5.69 Å². The van der Waals surface area contributed by atoms with Crippen LogP contribution in [0, 0.1) is 5.92 Å². The van der Waals surface area contributed by atoms with Crippen LogP contribution in [0.25, 0.3) is 11.2 Å². The number of hydrogen-bond donors (Lipinski definition) is 0. The summed E-state index contributed by atoms with van der Waals surface area (Å²) in [6.07, 6.45) is 0. The van der Waals surface area contributed by atoms with Crippen LogP contribution < -0.4 is 20.9 Å². The van der Waals surface area contributed by atoms with Crippen LogP contribution in [-0.2, 0) is 24.9 Å². The van der Waals surface area contributed by atoms with Crippen LogP contribution in [0.2, 0.25) is 5.02 Å². The molecule has 0 fully saturated rings. The number of nitrogens with zero attached hydrogens (tertiary/aromatic N) is 5. The number of ether oxygens (including phenoxy) is 2. The summed E-state index contributed by atoms with van der Waals surface area (Å²) in [4.78, 5) is 32.6. The lowest BCUT2D eigenvalue weighted by molar-refractivity contribution is 0.184. The summed E-state index contributed by atoms with van der Waals surface area (Å²) >= 11 is 6.34. The minimum absolute atomic E-state index is 0.186. The van der Waals surface area contributed by atoms with Crippen molar-refractivity contribution < 1.29 is 9.47 Å².